The summed E-state index contributed by atoms with van der Waals surface area (Å²) in [6.45, 7) is 2.24. The highest BCUT2D eigenvalue weighted by molar-refractivity contribution is 7.78. The second-order valence-electron chi connectivity index (χ2n) is 7.18. The SMILES string of the molecule is CCC1C=C(CCP(=O)(c2ccccc2)c2ccccc2)c2ccccc21. The van der Waals surface area contributed by atoms with Gasteiger partial charge in [0.05, 0.1) is 0 Å². The van der Waals surface area contributed by atoms with E-state index >= 15 is 0 Å². The summed E-state index contributed by atoms with van der Waals surface area (Å²) < 4.78 is 14.2. The lowest BCUT2D eigenvalue weighted by atomic mass is 9.98. The fraction of sp³-hybridized carbons (Fsp3) is 0.200. The van der Waals surface area contributed by atoms with Crippen LogP contribution in [0.1, 0.15) is 36.8 Å². The van der Waals surface area contributed by atoms with Crippen molar-refractivity contribution in [2.24, 2.45) is 0 Å². The largest absolute Gasteiger partial charge is 0.314 e. The van der Waals surface area contributed by atoms with Gasteiger partial charge in [0, 0.05) is 22.7 Å². The van der Waals surface area contributed by atoms with E-state index in [2.05, 4.69) is 37.3 Å². The lowest BCUT2D eigenvalue weighted by Gasteiger charge is -2.20. The smallest absolute Gasteiger partial charge is 0.143 e. The van der Waals surface area contributed by atoms with E-state index in [9.17, 15) is 4.57 Å². The molecule has 0 radical (unpaired) electrons. The van der Waals surface area contributed by atoms with Gasteiger partial charge >= 0.3 is 0 Å². The molecule has 3 aromatic rings. The fourth-order valence-corrected chi connectivity index (χ4v) is 6.79. The van der Waals surface area contributed by atoms with Crippen LogP contribution in [0.3, 0.4) is 0 Å². The normalized spacial score (nSPS) is 16.0. The van der Waals surface area contributed by atoms with Crippen molar-refractivity contribution in [2.45, 2.75) is 25.7 Å². The van der Waals surface area contributed by atoms with Gasteiger partial charge in [-0.1, -0.05) is 97.9 Å². The molecule has 0 saturated carbocycles. The van der Waals surface area contributed by atoms with E-state index in [1.807, 2.05) is 60.7 Å². The van der Waals surface area contributed by atoms with Crippen molar-refractivity contribution in [3.05, 3.63) is 102 Å². The monoisotopic (exact) mass is 372 g/mol. The van der Waals surface area contributed by atoms with Crippen LogP contribution in [-0.4, -0.2) is 6.16 Å². The average molecular weight is 372 g/mol. The molecule has 0 saturated heterocycles. The van der Waals surface area contributed by atoms with E-state index < -0.39 is 7.14 Å². The van der Waals surface area contributed by atoms with Gasteiger partial charge in [0.15, 0.2) is 0 Å². The van der Waals surface area contributed by atoms with Gasteiger partial charge in [-0.05, 0) is 29.5 Å². The molecule has 0 amide bonds. The Balaban J connectivity index is 1.68. The predicted molar refractivity (Wildman–Crippen MR) is 117 cm³/mol. The van der Waals surface area contributed by atoms with E-state index in [0.29, 0.717) is 12.1 Å². The molecule has 0 spiro atoms. The van der Waals surface area contributed by atoms with E-state index in [-0.39, 0.29) is 0 Å². The van der Waals surface area contributed by atoms with Crippen LogP contribution < -0.4 is 10.6 Å². The number of allylic oxidation sites excluding steroid dienone is 2. The van der Waals surface area contributed by atoms with Crippen LogP contribution in [0.5, 0.6) is 0 Å². The standard InChI is InChI=1S/C25H25OP/c1-2-20-19-21(25-16-10-9-15-24(20)25)17-18-27(26,22-11-5-3-6-12-22)23-13-7-4-8-14-23/h3-16,19-20H,2,17-18H2,1H3. The van der Waals surface area contributed by atoms with Gasteiger partial charge in [-0.25, -0.2) is 0 Å². The van der Waals surface area contributed by atoms with Gasteiger partial charge in [0.2, 0.25) is 0 Å². The molecular weight excluding hydrogens is 347 g/mol. The molecule has 4 rings (SSSR count). The molecule has 1 unspecified atom stereocenters. The molecule has 3 aromatic carbocycles. The summed E-state index contributed by atoms with van der Waals surface area (Å²) >= 11 is 0. The lowest BCUT2D eigenvalue weighted by Crippen LogP contribution is -2.18. The van der Waals surface area contributed by atoms with Gasteiger partial charge in [0.1, 0.15) is 7.14 Å². The molecule has 1 aliphatic carbocycles. The number of hydrogen-bond donors (Lipinski definition) is 0. The molecule has 0 N–H and O–H groups in total. The maximum atomic E-state index is 14.2. The third kappa shape index (κ3) is 3.45. The summed E-state index contributed by atoms with van der Waals surface area (Å²) in [5.41, 5.74) is 4.12. The Morgan fingerprint density at radius 1 is 0.778 bits per heavy atom. The Bertz CT molecular complexity index is 946. The van der Waals surface area contributed by atoms with Crippen molar-refractivity contribution in [3.63, 3.8) is 0 Å². The van der Waals surface area contributed by atoms with E-state index in [1.165, 1.54) is 16.7 Å². The Morgan fingerprint density at radius 2 is 1.33 bits per heavy atom. The molecule has 0 aromatic heterocycles. The zero-order valence-corrected chi connectivity index (χ0v) is 16.6. The summed E-state index contributed by atoms with van der Waals surface area (Å²) in [5, 5.41) is 1.91. The van der Waals surface area contributed by atoms with Crippen LogP contribution in [0.4, 0.5) is 0 Å². The summed E-state index contributed by atoms with van der Waals surface area (Å²) in [4.78, 5) is 0. The van der Waals surface area contributed by atoms with Crippen molar-refractivity contribution in [2.75, 3.05) is 6.16 Å². The topological polar surface area (TPSA) is 17.1 Å². The first-order valence-electron chi connectivity index (χ1n) is 9.72. The predicted octanol–water partition coefficient (Wildman–Crippen LogP) is 5.98. The van der Waals surface area contributed by atoms with Gasteiger partial charge in [0.25, 0.3) is 0 Å². The Kier molecular flexibility index (Phi) is 5.14. The van der Waals surface area contributed by atoms with Crippen molar-refractivity contribution in [3.8, 4) is 0 Å². The molecule has 0 fully saturated rings. The lowest BCUT2D eigenvalue weighted by molar-refractivity contribution is 0.587. The van der Waals surface area contributed by atoms with E-state index in [1.54, 1.807) is 0 Å². The third-order valence-electron chi connectivity index (χ3n) is 5.59. The van der Waals surface area contributed by atoms with Gasteiger partial charge in [-0.15, -0.1) is 0 Å². The molecule has 1 nitrogen and oxygen atoms in total. The van der Waals surface area contributed by atoms with Crippen LogP contribution >= 0.6 is 7.14 Å². The quantitative estimate of drug-likeness (QED) is 0.486. The van der Waals surface area contributed by atoms with Crippen LogP contribution in [-0.2, 0) is 4.57 Å². The average Bonchev–Trinajstić information content (AvgIpc) is 3.11. The van der Waals surface area contributed by atoms with Crippen molar-refractivity contribution < 1.29 is 4.57 Å². The van der Waals surface area contributed by atoms with Gasteiger partial charge in [-0.3, -0.25) is 0 Å². The van der Waals surface area contributed by atoms with Crippen LogP contribution in [0.2, 0.25) is 0 Å². The van der Waals surface area contributed by atoms with Crippen molar-refractivity contribution >= 4 is 23.3 Å². The highest BCUT2D eigenvalue weighted by Gasteiger charge is 2.29. The Labute approximate surface area is 162 Å². The number of rotatable bonds is 6. The number of hydrogen-bond acceptors (Lipinski definition) is 1. The molecule has 1 aliphatic rings. The first-order valence-corrected chi connectivity index (χ1v) is 11.6. The summed E-state index contributed by atoms with van der Waals surface area (Å²) in [6.07, 6.45) is 5.01. The number of fused-ring (bicyclic) bond motifs is 1. The van der Waals surface area contributed by atoms with E-state index in [4.69, 9.17) is 0 Å². The first kappa shape index (κ1) is 18.0. The minimum Gasteiger partial charge on any atom is -0.314 e. The van der Waals surface area contributed by atoms with Crippen LogP contribution in [0.25, 0.3) is 5.57 Å². The maximum Gasteiger partial charge on any atom is 0.143 e. The van der Waals surface area contributed by atoms with E-state index in [0.717, 1.165) is 23.5 Å². The number of benzene rings is 3. The van der Waals surface area contributed by atoms with Gasteiger partial charge < -0.3 is 4.57 Å². The molecule has 27 heavy (non-hydrogen) atoms. The van der Waals surface area contributed by atoms with Crippen LogP contribution in [0.15, 0.2) is 91.0 Å². The molecule has 0 bridgehead atoms. The third-order valence-corrected chi connectivity index (χ3v) is 8.71. The highest BCUT2D eigenvalue weighted by atomic mass is 31.2. The molecular formula is C25H25OP. The second kappa shape index (κ2) is 7.71. The molecule has 0 heterocycles. The summed E-state index contributed by atoms with van der Waals surface area (Å²) in [5.74, 6) is 0.490. The maximum absolute atomic E-state index is 14.2. The van der Waals surface area contributed by atoms with Crippen molar-refractivity contribution in [1.29, 1.82) is 0 Å². The van der Waals surface area contributed by atoms with Crippen molar-refractivity contribution in [1.82, 2.24) is 0 Å². The fourth-order valence-electron chi connectivity index (χ4n) is 4.11. The Hall–Kier alpha value is -2.37. The zero-order chi connectivity index (χ0) is 18.7. The molecule has 136 valence electrons. The molecule has 0 aliphatic heterocycles. The first-order chi connectivity index (χ1) is 13.2. The molecule has 1 atom stereocenters. The summed E-state index contributed by atoms with van der Waals surface area (Å²) in [6, 6.07) is 28.7. The van der Waals surface area contributed by atoms with Gasteiger partial charge in [-0.2, -0.15) is 0 Å². The van der Waals surface area contributed by atoms with Crippen LogP contribution in [0, 0.1) is 0 Å². The highest BCUT2D eigenvalue weighted by Crippen LogP contribution is 2.47. The minimum atomic E-state index is -2.66. The second-order valence-corrected chi connectivity index (χ2v) is 10.1. The minimum absolute atomic E-state index is 0.490. The molecule has 2 heteroatoms. The summed E-state index contributed by atoms with van der Waals surface area (Å²) in [7, 11) is -2.66. The zero-order valence-electron chi connectivity index (χ0n) is 15.7. The Morgan fingerprint density at radius 3 is 1.93 bits per heavy atom.